The van der Waals surface area contributed by atoms with Crippen molar-refractivity contribution in [2.75, 3.05) is 18.0 Å². The van der Waals surface area contributed by atoms with Crippen LogP contribution in [0.5, 0.6) is 0 Å². The maximum absolute atomic E-state index is 5.84. The molecule has 2 atom stereocenters. The molecular weight excluding hydrogens is 200 g/mol. The van der Waals surface area contributed by atoms with Gasteiger partial charge >= 0.3 is 0 Å². The highest BCUT2D eigenvalue weighted by Crippen LogP contribution is 2.26. The molecule has 1 aliphatic heterocycles. The van der Waals surface area contributed by atoms with Crippen molar-refractivity contribution in [3.05, 3.63) is 17.8 Å². The molecule has 2 N–H and O–H groups in total. The van der Waals surface area contributed by atoms with Crippen molar-refractivity contribution in [3.63, 3.8) is 0 Å². The molecule has 1 aromatic heterocycles. The number of rotatable bonds is 2. The van der Waals surface area contributed by atoms with Gasteiger partial charge in [-0.2, -0.15) is 5.10 Å². The summed E-state index contributed by atoms with van der Waals surface area (Å²) in [5, 5.41) is 8.22. The average Bonchev–Trinajstić information content (AvgIpc) is 2.28. The lowest BCUT2D eigenvalue weighted by Gasteiger charge is -2.38. The molecule has 1 aromatic rings. The zero-order valence-electron chi connectivity index (χ0n) is 10.1. The third kappa shape index (κ3) is 2.32. The highest BCUT2D eigenvalue weighted by Gasteiger charge is 2.26. The molecule has 88 valence electrons. The molecule has 0 bridgehead atoms. The maximum atomic E-state index is 5.84. The summed E-state index contributed by atoms with van der Waals surface area (Å²) in [5.41, 5.74) is 6.99. The predicted molar refractivity (Wildman–Crippen MR) is 65.4 cm³/mol. The summed E-state index contributed by atoms with van der Waals surface area (Å²) in [6.45, 7) is 6.07. The van der Waals surface area contributed by atoms with Gasteiger partial charge < -0.3 is 10.6 Å². The van der Waals surface area contributed by atoms with Crippen molar-refractivity contribution in [2.45, 2.75) is 32.7 Å². The Labute approximate surface area is 96.9 Å². The van der Waals surface area contributed by atoms with Gasteiger partial charge in [-0.05, 0) is 37.3 Å². The Kier molecular flexibility index (Phi) is 3.39. The predicted octanol–water partition coefficient (Wildman–Crippen LogP) is 1.35. The fraction of sp³-hybridized carbons (Fsp3) is 0.667. The first kappa shape index (κ1) is 11.3. The molecule has 2 rings (SSSR count). The standard InChI is InChI=1S/C12H20N4/c1-9-3-4-16(11(5-9)7-13)12-6-10(2)8-14-15-12/h6,8-9,11H,3-5,7,13H2,1-2H3. The van der Waals surface area contributed by atoms with Crippen LogP contribution in [-0.4, -0.2) is 29.3 Å². The second kappa shape index (κ2) is 4.78. The molecule has 0 saturated carbocycles. The Morgan fingerprint density at radius 2 is 2.38 bits per heavy atom. The van der Waals surface area contributed by atoms with E-state index in [1.807, 2.05) is 6.92 Å². The van der Waals surface area contributed by atoms with Gasteiger partial charge in [0.25, 0.3) is 0 Å². The minimum Gasteiger partial charge on any atom is -0.351 e. The highest BCUT2D eigenvalue weighted by atomic mass is 15.3. The summed E-state index contributed by atoms with van der Waals surface area (Å²) in [7, 11) is 0. The Hall–Kier alpha value is -1.16. The zero-order valence-corrected chi connectivity index (χ0v) is 10.1. The largest absolute Gasteiger partial charge is 0.351 e. The van der Waals surface area contributed by atoms with Gasteiger partial charge in [-0.3, -0.25) is 0 Å². The van der Waals surface area contributed by atoms with Crippen molar-refractivity contribution in [3.8, 4) is 0 Å². The molecule has 1 saturated heterocycles. The van der Waals surface area contributed by atoms with Crippen LogP contribution in [0.3, 0.4) is 0 Å². The van der Waals surface area contributed by atoms with Crippen LogP contribution < -0.4 is 10.6 Å². The molecule has 2 heterocycles. The van der Waals surface area contributed by atoms with Gasteiger partial charge in [0.05, 0.1) is 6.20 Å². The van der Waals surface area contributed by atoms with E-state index < -0.39 is 0 Å². The molecule has 1 fully saturated rings. The van der Waals surface area contributed by atoms with E-state index in [1.54, 1.807) is 6.20 Å². The summed E-state index contributed by atoms with van der Waals surface area (Å²) in [6, 6.07) is 2.51. The summed E-state index contributed by atoms with van der Waals surface area (Å²) in [5.74, 6) is 1.74. The minimum atomic E-state index is 0.417. The zero-order chi connectivity index (χ0) is 11.5. The first-order chi connectivity index (χ1) is 7.70. The van der Waals surface area contributed by atoms with E-state index in [-0.39, 0.29) is 0 Å². The molecule has 0 amide bonds. The molecule has 0 spiro atoms. The summed E-state index contributed by atoms with van der Waals surface area (Å²) in [6.07, 6.45) is 4.16. The first-order valence-electron chi connectivity index (χ1n) is 5.96. The van der Waals surface area contributed by atoms with Crippen molar-refractivity contribution >= 4 is 5.82 Å². The van der Waals surface area contributed by atoms with Gasteiger partial charge in [0.15, 0.2) is 5.82 Å². The first-order valence-corrected chi connectivity index (χ1v) is 5.96. The smallest absolute Gasteiger partial charge is 0.151 e. The van der Waals surface area contributed by atoms with Crippen LogP contribution in [0, 0.1) is 12.8 Å². The monoisotopic (exact) mass is 220 g/mol. The highest BCUT2D eigenvalue weighted by molar-refractivity contribution is 5.41. The minimum absolute atomic E-state index is 0.417. The van der Waals surface area contributed by atoms with E-state index in [9.17, 15) is 0 Å². The Morgan fingerprint density at radius 3 is 3.06 bits per heavy atom. The van der Waals surface area contributed by atoms with E-state index >= 15 is 0 Å². The lowest BCUT2D eigenvalue weighted by Crippen LogP contribution is -2.46. The fourth-order valence-corrected chi connectivity index (χ4v) is 2.37. The van der Waals surface area contributed by atoms with Crippen LogP contribution in [0.25, 0.3) is 0 Å². The quantitative estimate of drug-likeness (QED) is 0.817. The fourth-order valence-electron chi connectivity index (χ4n) is 2.37. The van der Waals surface area contributed by atoms with Gasteiger partial charge in [-0.1, -0.05) is 6.92 Å². The number of hydrogen-bond donors (Lipinski definition) is 1. The number of aromatic nitrogens is 2. The van der Waals surface area contributed by atoms with Gasteiger partial charge in [-0.15, -0.1) is 5.10 Å². The molecule has 4 heteroatoms. The molecule has 0 aromatic carbocycles. The molecule has 1 aliphatic rings. The SMILES string of the molecule is Cc1cnnc(N2CCC(C)CC2CN)c1. The van der Waals surface area contributed by atoms with Crippen molar-refractivity contribution in [1.29, 1.82) is 0 Å². The van der Waals surface area contributed by atoms with Crippen LogP contribution >= 0.6 is 0 Å². The number of piperidine rings is 1. The second-order valence-electron chi connectivity index (χ2n) is 4.80. The number of aryl methyl sites for hydroxylation is 1. The molecular formula is C12H20N4. The molecule has 0 radical (unpaired) electrons. The second-order valence-corrected chi connectivity index (χ2v) is 4.80. The number of nitrogens with two attached hydrogens (primary N) is 1. The van der Waals surface area contributed by atoms with Crippen LogP contribution in [0.15, 0.2) is 12.3 Å². The van der Waals surface area contributed by atoms with Gasteiger partial charge in [0.1, 0.15) is 0 Å². The molecule has 4 nitrogen and oxygen atoms in total. The van der Waals surface area contributed by atoms with Crippen LogP contribution in [0.1, 0.15) is 25.3 Å². The lowest BCUT2D eigenvalue weighted by molar-refractivity contribution is 0.364. The summed E-state index contributed by atoms with van der Waals surface area (Å²) in [4.78, 5) is 2.31. The van der Waals surface area contributed by atoms with Crippen molar-refractivity contribution in [2.24, 2.45) is 11.7 Å². The number of anilines is 1. The van der Waals surface area contributed by atoms with Crippen LogP contribution in [-0.2, 0) is 0 Å². The van der Waals surface area contributed by atoms with Gasteiger partial charge in [0, 0.05) is 19.1 Å². The molecule has 16 heavy (non-hydrogen) atoms. The van der Waals surface area contributed by atoms with E-state index in [0.717, 1.165) is 30.3 Å². The third-order valence-electron chi connectivity index (χ3n) is 3.32. The average molecular weight is 220 g/mol. The normalized spacial score (nSPS) is 25.8. The topological polar surface area (TPSA) is 55.0 Å². The summed E-state index contributed by atoms with van der Waals surface area (Å²) >= 11 is 0. The van der Waals surface area contributed by atoms with E-state index in [2.05, 4.69) is 28.1 Å². The van der Waals surface area contributed by atoms with E-state index in [4.69, 9.17) is 5.73 Å². The Morgan fingerprint density at radius 1 is 1.56 bits per heavy atom. The van der Waals surface area contributed by atoms with Gasteiger partial charge in [0.2, 0.25) is 0 Å². The molecule has 0 aliphatic carbocycles. The maximum Gasteiger partial charge on any atom is 0.151 e. The third-order valence-corrected chi connectivity index (χ3v) is 3.32. The lowest BCUT2D eigenvalue weighted by atomic mass is 9.92. The Balaban J connectivity index is 2.19. The summed E-state index contributed by atoms with van der Waals surface area (Å²) < 4.78 is 0. The van der Waals surface area contributed by atoms with E-state index in [1.165, 1.54) is 6.42 Å². The van der Waals surface area contributed by atoms with Crippen LogP contribution in [0.2, 0.25) is 0 Å². The number of nitrogens with zero attached hydrogens (tertiary/aromatic N) is 3. The van der Waals surface area contributed by atoms with Crippen molar-refractivity contribution in [1.82, 2.24) is 10.2 Å². The molecule has 2 unspecified atom stereocenters. The van der Waals surface area contributed by atoms with Gasteiger partial charge in [-0.25, -0.2) is 0 Å². The number of hydrogen-bond acceptors (Lipinski definition) is 4. The Bertz CT molecular complexity index is 353. The van der Waals surface area contributed by atoms with Crippen molar-refractivity contribution < 1.29 is 0 Å². The van der Waals surface area contributed by atoms with Crippen LogP contribution in [0.4, 0.5) is 5.82 Å². The van der Waals surface area contributed by atoms with E-state index in [0.29, 0.717) is 12.6 Å².